The van der Waals surface area contributed by atoms with Gasteiger partial charge in [0.05, 0.1) is 37.0 Å². The van der Waals surface area contributed by atoms with E-state index < -0.39 is 29.0 Å². The van der Waals surface area contributed by atoms with Crippen LogP contribution in [0.1, 0.15) is 27.2 Å². The molecular weight excluding hydrogens is 761 g/mol. The molecule has 4 aromatic carbocycles. The summed E-state index contributed by atoms with van der Waals surface area (Å²) < 4.78 is 18.2. The first kappa shape index (κ1) is 37.3. The minimum absolute atomic E-state index is 0.0173. The number of non-ortho nitro benzene ring substituents is 1. The molecule has 0 radical (unpaired) electrons. The fourth-order valence-corrected chi connectivity index (χ4v) is 6.29. The zero-order valence-electron chi connectivity index (χ0n) is 25.2. The molecule has 5 rings (SSSR count). The number of Topliss-reactive ketones (excluding diaryl/α,β-unsaturated/α-hetero) is 1. The molecule has 3 atom stereocenters. The van der Waals surface area contributed by atoms with Gasteiger partial charge in [0.1, 0.15) is 12.2 Å². The first-order valence-corrected chi connectivity index (χ1v) is 16.8. The van der Waals surface area contributed by atoms with Crippen molar-refractivity contribution in [1.82, 2.24) is 4.98 Å². The number of carbonyl (C=O) groups excluding carboxylic acids is 1. The fourth-order valence-electron chi connectivity index (χ4n) is 4.91. The Morgan fingerprint density at radius 1 is 0.735 bits per heavy atom. The second-order valence-corrected chi connectivity index (χ2v) is 13.4. The number of halogens is 6. The van der Waals surface area contributed by atoms with Gasteiger partial charge in [0.15, 0.2) is 6.10 Å². The normalized spacial score (nSPS) is 13.4. The Morgan fingerprint density at radius 2 is 1.27 bits per heavy atom. The number of ketones is 1. The van der Waals surface area contributed by atoms with E-state index in [1.54, 1.807) is 42.5 Å². The Morgan fingerprint density at radius 3 is 1.80 bits per heavy atom. The van der Waals surface area contributed by atoms with Crippen LogP contribution in [0.3, 0.4) is 0 Å². The highest BCUT2D eigenvalue weighted by Gasteiger charge is 2.37. The van der Waals surface area contributed by atoms with Crippen LogP contribution in [-0.2, 0) is 34.0 Å². The van der Waals surface area contributed by atoms with Gasteiger partial charge < -0.3 is 24.3 Å². The average molecular weight is 787 g/mol. The van der Waals surface area contributed by atoms with Gasteiger partial charge in [0, 0.05) is 53.2 Å². The van der Waals surface area contributed by atoms with E-state index in [9.17, 15) is 20.0 Å². The third-order valence-electron chi connectivity index (χ3n) is 7.46. The molecule has 1 heterocycles. The molecule has 5 aromatic rings. The van der Waals surface area contributed by atoms with Gasteiger partial charge in [-0.3, -0.25) is 14.9 Å². The van der Waals surface area contributed by atoms with Gasteiger partial charge in [-0.05, 0) is 65.2 Å². The molecule has 0 bridgehead atoms. The Hall–Kier alpha value is -2.93. The van der Waals surface area contributed by atoms with Crippen molar-refractivity contribution in [3.63, 3.8) is 0 Å². The number of H-pyrrole nitrogens is 1. The number of benzene rings is 4. The lowest BCUT2D eigenvalue weighted by atomic mass is 10.0. The lowest BCUT2D eigenvalue weighted by Gasteiger charge is -2.30. The highest BCUT2D eigenvalue weighted by Crippen LogP contribution is 2.29. The van der Waals surface area contributed by atoms with E-state index in [0.717, 1.165) is 0 Å². The van der Waals surface area contributed by atoms with Crippen LogP contribution in [0.5, 0.6) is 0 Å². The minimum Gasteiger partial charge on any atom is -0.388 e. The molecule has 0 saturated carbocycles. The van der Waals surface area contributed by atoms with Crippen molar-refractivity contribution in [2.24, 2.45) is 0 Å². The summed E-state index contributed by atoms with van der Waals surface area (Å²) in [6.07, 6.45) is -4.23. The predicted octanol–water partition coefficient (Wildman–Crippen LogP) is 9.93. The van der Waals surface area contributed by atoms with Crippen molar-refractivity contribution in [3.8, 4) is 0 Å². The van der Waals surface area contributed by atoms with Crippen LogP contribution >= 0.6 is 69.6 Å². The maximum absolute atomic E-state index is 14.3. The van der Waals surface area contributed by atoms with Crippen LogP contribution in [0.2, 0.25) is 30.1 Å². The van der Waals surface area contributed by atoms with Crippen LogP contribution < -0.4 is 0 Å². The number of aliphatic hydroxyl groups excluding tert-OH is 1. The molecule has 0 aliphatic rings. The molecule has 0 fully saturated rings. The van der Waals surface area contributed by atoms with E-state index in [2.05, 4.69) is 4.98 Å². The Balaban J connectivity index is 1.48. The largest absolute Gasteiger partial charge is 0.388 e. The number of hydrogen-bond acceptors (Lipinski definition) is 7. The number of ether oxygens (including phenoxy) is 3. The van der Waals surface area contributed by atoms with Gasteiger partial charge in [-0.2, -0.15) is 0 Å². The second-order valence-electron chi connectivity index (χ2n) is 10.9. The van der Waals surface area contributed by atoms with Gasteiger partial charge in [-0.15, -0.1) is 0 Å². The summed E-state index contributed by atoms with van der Waals surface area (Å²) in [6.45, 7) is -0.600. The van der Waals surface area contributed by atoms with E-state index in [1.165, 1.54) is 36.4 Å². The molecular formula is C34H26Cl6N2O7. The van der Waals surface area contributed by atoms with Crippen LogP contribution in [0.25, 0.3) is 10.9 Å². The SMILES string of the molecule is O=C(c1cc2cc([N+](=O)[O-])ccc2[nH]1)[C@H](OCc1ccc(Cl)cc1Cl)[C@H](OCc1ccc(Cl)cc1Cl)[C@H](O)COCc1ccc(Cl)cc1Cl. The van der Waals surface area contributed by atoms with Crippen molar-refractivity contribution in [1.29, 1.82) is 0 Å². The van der Waals surface area contributed by atoms with Crippen LogP contribution in [0.15, 0.2) is 78.9 Å². The van der Waals surface area contributed by atoms with E-state index >= 15 is 0 Å². The third-order valence-corrected chi connectivity index (χ3v) is 9.22. The third kappa shape index (κ3) is 9.65. The Kier molecular flexibility index (Phi) is 12.8. The number of fused-ring (bicyclic) bond motifs is 1. The predicted molar refractivity (Wildman–Crippen MR) is 191 cm³/mol. The molecule has 9 nitrogen and oxygen atoms in total. The minimum atomic E-state index is -1.46. The highest BCUT2D eigenvalue weighted by atomic mass is 35.5. The monoisotopic (exact) mass is 784 g/mol. The van der Waals surface area contributed by atoms with Crippen molar-refractivity contribution >= 4 is 92.0 Å². The summed E-state index contributed by atoms with van der Waals surface area (Å²) in [7, 11) is 0. The summed E-state index contributed by atoms with van der Waals surface area (Å²) in [6, 6.07) is 20.2. The molecule has 0 amide bonds. The summed E-state index contributed by atoms with van der Waals surface area (Å²) in [5.74, 6) is -0.615. The van der Waals surface area contributed by atoms with E-state index in [-0.39, 0.29) is 37.8 Å². The Bertz CT molecular complexity index is 1990. The maximum atomic E-state index is 14.3. The van der Waals surface area contributed by atoms with Gasteiger partial charge >= 0.3 is 0 Å². The van der Waals surface area contributed by atoms with Crippen LogP contribution in [0, 0.1) is 10.1 Å². The van der Waals surface area contributed by atoms with Crippen molar-refractivity contribution in [2.75, 3.05) is 6.61 Å². The molecule has 0 spiro atoms. The lowest BCUT2D eigenvalue weighted by molar-refractivity contribution is -0.384. The standard InChI is InChI=1S/C34H26Cl6N2O7/c35-22-4-1-18(26(38)11-22)14-47-17-31(43)33(48-15-19-2-5-23(36)12-27(19)39)34(49-16-20-3-6-24(37)13-28(20)40)32(44)30-10-21-9-25(42(45)46)7-8-29(21)41-30/h1-13,31,33-34,41,43H,14-17H2/t31-,33-,34+/m1/s1. The molecule has 15 heteroatoms. The summed E-state index contributed by atoms with van der Waals surface area (Å²) in [4.78, 5) is 28.1. The Labute approximate surface area is 310 Å². The number of nitro groups is 1. The smallest absolute Gasteiger partial charge is 0.270 e. The van der Waals surface area contributed by atoms with Crippen LogP contribution in [-0.4, -0.2) is 45.7 Å². The fraction of sp³-hybridized carbons (Fsp3) is 0.206. The summed E-state index contributed by atoms with van der Waals surface area (Å²) in [5, 5.41) is 25.6. The lowest BCUT2D eigenvalue weighted by Crippen LogP contribution is -2.47. The van der Waals surface area contributed by atoms with E-state index in [0.29, 0.717) is 57.7 Å². The molecule has 256 valence electrons. The molecule has 0 aliphatic heterocycles. The summed E-state index contributed by atoms with van der Waals surface area (Å²) >= 11 is 37.3. The van der Waals surface area contributed by atoms with Gasteiger partial charge in [-0.1, -0.05) is 87.8 Å². The van der Waals surface area contributed by atoms with Crippen molar-refractivity contribution < 1.29 is 29.0 Å². The zero-order chi connectivity index (χ0) is 35.2. The number of nitrogens with one attached hydrogen (secondary N) is 1. The zero-order valence-corrected chi connectivity index (χ0v) is 29.7. The number of aromatic amines is 1. The number of aromatic nitrogens is 1. The van der Waals surface area contributed by atoms with Crippen molar-refractivity contribution in [2.45, 2.75) is 38.1 Å². The van der Waals surface area contributed by atoms with Crippen molar-refractivity contribution in [3.05, 3.63) is 141 Å². The highest BCUT2D eigenvalue weighted by molar-refractivity contribution is 6.36. The van der Waals surface area contributed by atoms with Crippen LogP contribution in [0.4, 0.5) is 5.69 Å². The molecule has 1 aromatic heterocycles. The molecule has 0 saturated heterocycles. The number of nitrogens with zero attached hydrogens (tertiary/aromatic N) is 1. The first-order chi connectivity index (χ1) is 23.4. The molecule has 0 unspecified atom stereocenters. The molecule has 0 aliphatic carbocycles. The topological polar surface area (TPSA) is 124 Å². The number of aliphatic hydroxyl groups is 1. The van der Waals surface area contributed by atoms with E-state index in [4.69, 9.17) is 83.8 Å². The average Bonchev–Trinajstić information content (AvgIpc) is 3.48. The maximum Gasteiger partial charge on any atom is 0.270 e. The van der Waals surface area contributed by atoms with Gasteiger partial charge in [0.2, 0.25) is 5.78 Å². The van der Waals surface area contributed by atoms with Gasteiger partial charge in [-0.25, -0.2) is 0 Å². The second kappa shape index (κ2) is 16.9. The molecule has 49 heavy (non-hydrogen) atoms. The number of nitro benzene ring substituents is 1. The van der Waals surface area contributed by atoms with E-state index in [1.807, 2.05) is 0 Å². The number of rotatable bonds is 15. The quantitative estimate of drug-likeness (QED) is 0.0615. The number of hydrogen-bond donors (Lipinski definition) is 2. The van der Waals surface area contributed by atoms with Gasteiger partial charge in [0.25, 0.3) is 5.69 Å². The first-order valence-electron chi connectivity index (χ1n) is 14.5. The molecule has 2 N–H and O–H groups in total. The summed E-state index contributed by atoms with van der Waals surface area (Å²) in [5.41, 5.74) is 2.05. The number of carbonyl (C=O) groups is 1.